The summed E-state index contributed by atoms with van der Waals surface area (Å²) in [5.74, 6) is 1.38. The third kappa shape index (κ3) is 5.73. The standard InChI is InChI=1S/C26H29N5O4S2/c32-24(27-13-12-19-6-2-1-3-7-19)16-31-25(22-17-36-18-23(22)29-31)28-26(33)20-8-10-21(11-9-20)37(34,35)30-14-4-5-15-30/h1-3,6-11H,4-5,12-18H2,(H,27,32)(H,28,33). The predicted molar refractivity (Wildman–Crippen MR) is 143 cm³/mol. The van der Waals surface area contributed by atoms with Crippen molar-refractivity contribution in [1.29, 1.82) is 0 Å². The number of anilines is 1. The summed E-state index contributed by atoms with van der Waals surface area (Å²) < 4.78 is 28.6. The average molecular weight is 540 g/mol. The summed E-state index contributed by atoms with van der Waals surface area (Å²) in [6.07, 6.45) is 2.45. The van der Waals surface area contributed by atoms with E-state index in [2.05, 4.69) is 15.7 Å². The van der Waals surface area contributed by atoms with Gasteiger partial charge in [-0.2, -0.15) is 21.2 Å². The number of nitrogens with one attached hydrogen (secondary N) is 2. The second-order valence-electron chi connectivity index (χ2n) is 9.10. The number of aromatic nitrogens is 2. The van der Waals surface area contributed by atoms with Gasteiger partial charge in [0.1, 0.15) is 12.4 Å². The molecule has 11 heteroatoms. The molecule has 1 saturated heterocycles. The van der Waals surface area contributed by atoms with Gasteiger partial charge >= 0.3 is 0 Å². The Kier molecular flexibility index (Phi) is 7.63. The lowest BCUT2D eigenvalue weighted by atomic mass is 10.1. The van der Waals surface area contributed by atoms with Crippen molar-refractivity contribution in [3.05, 3.63) is 77.0 Å². The molecule has 2 aromatic carbocycles. The van der Waals surface area contributed by atoms with Crippen LogP contribution in [0.25, 0.3) is 0 Å². The Labute approximate surface area is 220 Å². The maximum absolute atomic E-state index is 13.1. The second kappa shape index (κ2) is 11.1. The van der Waals surface area contributed by atoms with Crippen LogP contribution in [0.2, 0.25) is 0 Å². The zero-order chi connectivity index (χ0) is 25.8. The third-order valence-electron chi connectivity index (χ3n) is 6.54. The normalized spacial score (nSPS) is 15.5. The van der Waals surface area contributed by atoms with Crippen molar-refractivity contribution in [3.63, 3.8) is 0 Å². The van der Waals surface area contributed by atoms with Gasteiger partial charge in [0.15, 0.2) is 0 Å². The molecular formula is C26H29N5O4S2. The van der Waals surface area contributed by atoms with Gasteiger partial charge in [0.05, 0.1) is 10.6 Å². The van der Waals surface area contributed by atoms with Gasteiger partial charge in [-0.25, -0.2) is 13.1 Å². The van der Waals surface area contributed by atoms with E-state index in [4.69, 9.17) is 0 Å². The highest BCUT2D eigenvalue weighted by atomic mass is 32.2. The number of sulfonamides is 1. The zero-order valence-corrected chi connectivity index (χ0v) is 22.0. The maximum atomic E-state index is 13.1. The van der Waals surface area contributed by atoms with E-state index in [-0.39, 0.29) is 23.3 Å². The van der Waals surface area contributed by atoms with Crippen LogP contribution in [0.15, 0.2) is 59.5 Å². The van der Waals surface area contributed by atoms with Crippen molar-refractivity contribution in [1.82, 2.24) is 19.4 Å². The van der Waals surface area contributed by atoms with Crippen LogP contribution >= 0.6 is 11.8 Å². The monoisotopic (exact) mass is 539 g/mol. The van der Waals surface area contributed by atoms with Crippen molar-refractivity contribution < 1.29 is 18.0 Å². The minimum Gasteiger partial charge on any atom is -0.354 e. The Morgan fingerprint density at radius 3 is 2.43 bits per heavy atom. The first-order valence-corrected chi connectivity index (χ1v) is 14.9. The van der Waals surface area contributed by atoms with E-state index in [0.29, 0.717) is 36.8 Å². The average Bonchev–Trinajstić information content (AvgIpc) is 3.65. The van der Waals surface area contributed by atoms with Crippen LogP contribution in [0.3, 0.4) is 0 Å². The quantitative estimate of drug-likeness (QED) is 0.432. The number of carbonyl (C=O) groups is 2. The van der Waals surface area contributed by atoms with Gasteiger partial charge in [0.2, 0.25) is 15.9 Å². The summed E-state index contributed by atoms with van der Waals surface area (Å²) in [5, 5.41) is 10.4. The van der Waals surface area contributed by atoms with Crippen molar-refractivity contribution >= 4 is 39.4 Å². The van der Waals surface area contributed by atoms with Gasteiger partial charge in [0.25, 0.3) is 5.91 Å². The van der Waals surface area contributed by atoms with Crippen molar-refractivity contribution in [2.45, 2.75) is 42.2 Å². The Balaban J connectivity index is 1.25. The topological polar surface area (TPSA) is 113 Å². The van der Waals surface area contributed by atoms with Gasteiger partial charge in [-0.3, -0.25) is 9.59 Å². The molecular weight excluding hydrogens is 510 g/mol. The fourth-order valence-electron chi connectivity index (χ4n) is 4.54. The van der Waals surface area contributed by atoms with E-state index < -0.39 is 10.0 Å². The highest BCUT2D eigenvalue weighted by Gasteiger charge is 2.28. The van der Waals surface area contributed by atoms with Gasteiger partial charge < -0.3 is 10.6 Å². The summed E-state index contributed by atoms with van der Waals surface area (Å²) in [5.41, 5.74) is 3.26. The van der Waals surface area contributed by atoms with E-state index in [9.17, 15) is 18.0 Å². The molecule has 2 aliphatic rings. The Morgan fingerprint density at radius 1 is 0.973 bits per heavy atom. The van der Waals surface area contributed by atoms with Crippen molar-refractivity contribution in [2.75, 3.05) is 25.0 Å². The number of carbonyl (C=O) groups excluding carboxylic acids is 2. The number of rotatable bonds is 9. The number of nitrogens with zero attached hydrogens (tertiary/aromatic N) is 3. The molecule has 2 N–H and O–H groups in total. The summed E-state index contributed by atoms with van der Waals surface area (Å²) >= 11 is 1.70. The van der Waals surface area contributed by atoms with Crippen LogP contribution in [0.1, 0.15) is 40.0 Å². The molecule has 1 aromatic heterocycles. The lowest BCUT2D eigenvalue weighted by Crippen LogP contribution is -2.30. The molecule has 0 atom stereocenters. The lowest BCUT2D eigenvalue weighted by molar-refractivity contribution is -0.121. The smallest absolute Gasteiger partial charge is 0.256 e. The number of hydrogen-bond acceptors (Lipinski definition) is 6. The summed E-state index contributed by atoms with van der Waals surface area (Å²) in [4.78, 5) is 25.9. The molecule has 5 rings (SSSR count). The largest absolute Gasteiger partial charge is 0.354 e. The molecule has 1 fully saturated rings. The van der Waals surface area contributed by atoms with E-state index in [1.807, 2.05) is 30.3 Å². The Hall–Kier alpha value is -3.15. The van der Waals surface area contributed by atoms with Gasteiger partial charge in [-0.05, 0) is 49.1 Å². The van der Waals surface area contributed by atoms with Gasteiger partial charge in [0, 0.05) is 42.3 Å². The van der Waals surface area contributed by atoms with Gasteiger partial charge in [-0.1, -0.05) is 30.3 Å². The predicted octanol–water partition coefficient (Wildman–Crippen LogP) is 3.03. The third-order valence-corrected chi connectivity index (χ3v) is 9.43. The first kappa shape index (κ1) is 25.5. The number of hydrogen-bond donors (Lipinski definition) is 2. The molecule has 0 unspecified atom stereocenters. The van der Waals surface area contributed by atoms with E-state index in [1.165, 1.54) is 28.6 Å². The van der Waals surface area contributed by atoms with Crippen LogP contribution < -0.4 is 10.6 Å². The fourth-order valence-corrected chi connectivity index (χ4v) is 7.09. The molecule has 194 valence electrons. The maximum Gasteiger partial charge on any atom is 0.256 e. The molecule has 2 amide bonds. The summed E-state index contributed by atoms with van der Waals surface area (Å²) in [7, 11) is -3.54. The fraction of sp³-hybridized carbons (Fsp3) is 0.346. The van der Waals surface area contributed by atoms with Crippen LogP contribution in [-0.2, 0) is 39.3 Å². The molecule has 0 bridgehead atoms. The van der Waals surface area contributed by atoms with Crippen molar-refractivity contribution in [3.8, 4) is 0 Å². The lowest BCUT2D eigenvalue weighted by Gasteiger charge is -2.15. The van der Waals surface area contributed by atoms with Crippen LogP contribution in [0, 0.1) is 0 Å². The zero-order valence-electron chi connectivity index (χ0n) is 20.4. The van der Waals surface area contributed by atoms with Crippen LogP contribution in [0.4, 0.5) is 5.82 Å². The van der Waals surface area contributed by atoms with Crippen molar-refractivity contribution in [2.24, 2.45) is 0 Å². The number of thioether (sulfide) groups is 1. The van der Waals surface area contributed by atoms with Crippen LogP contribution in [-0.4, -0.2) is 54.0 Å². The molecule has 37 heavy (non-hydrogen) atoms. The van der Waals surface area contributed by atoms with E-state index in [0.717, 1.165) is 41.8 Å². The molecule has 0 radical (unpaired) electrons. The Morgan fingerprint density at radius 2 is 1.70 bits per heavy atom. The molecule has 3 aromatic rings. The first-order valence-electron chi connectivity index (χ1n) is 12.3. The number of benzene rings is 2. The minimum atomic E-state index is -3.54. The SMILES string of the molecule is O=C(Cn1nc2c(c1NC(=O)c1ccc(S(=O)(=O)N3CCCC3)cc1)CSC2)NCCc1ccccc1. The molecule has 0 aliphatic carbocycles. The molecule has 0 spiro atoms. The van der Waals surface area contributed by atoms with E-state index >= 15 is 0 Å². The first-order chi connectivity index (χ1) is 17.9. The number of fused-ring (bicyclic) bond motifs is 1. The minimum absolute atomic E-state index is 0.00488. The highest BCUT2D eigenvalue weighted by Crippen LogP contribution is 2.35. The van der Waals surface area contributed by atoms with Crippen LogP contribution in [0.5, 0.6) is 0 Å². The van der Waals surface area contributed by atoms with E-state index in [1.54, 1.807) is 16.4 Å². The molecule has 9 nitrogen and oxygen atoms in total. The Bertz CT molecular complexity index is 1380. The summed E-state index contributed by atoms with van der Waals surface area (Å²) in [6.45, 7) is 1.55. The highest BCUT2D eigenvalue weighted by molar-refractivity contribution is 7.98. The molecule has 2 aliphatic heterocycles. The van der Waals surface area contributed by atoms with Gasteiger partial charge in [-0.15, -0.1) is 0 Å². The second-order valence-corrected chi connectivity index (χ2v) is 12.0. The molecule has 0 saturated carbocycles. The summed E-state index contributed by atoms with van der Waals surface area (Å²) in [6, 6.07) is 15.9. The number of amides is 2. The molecule has 3 heterocycles.